The van der Waals surface area contributed by atoms with E-state index in [1.807, 2.05) is 42.5 Å². The number of benzene rings is 1. The van der Waals surface area contributed by atoms with Crippen molar-refractivity contribution in [3.05, 3.63) is 59.9 Å². The lowest BCUT2D eigenvalue weighted by Crippen LogP contribution is -2.30. The van der Waals surface area contributed by atoms with E-state index in [1.165, 1.54) is 0 Å². The highest BCUT2D eigenvalue weighted by Crippen LogP contribution is 2.25. The van der Waals surface area contributed by atoms with Crippen molar-refractivity contribution in [1.82, 2.24) is 10.3 Å². The van der Waals surface area contributed by atoms with Crippen molar-refractivity contribution in [3.8, 4) is 0 Å². The highest BCUT2D eigenvalue weighted by atomic mass is 16.1. The molecule has 0 aliphatic carbocycles. The summed E-state index contributed by atoms with van der Waals surface area (Å²) in [6.45, 7) is 4.47. The van der Waals surface area contributed by atoms with Crippen molar-refractivity contribution in [2.24, 2.45) is 11.7 Å². The van der Waals surface area contributed by atoms with E-state index in [1.54, 1.807) is 6.20 Å². The summed E-state index contributed by atoms with van der Waals surface area (Å²) in [4.78, 5) is 18.8. The van der Waals surface area contributed by atoms with Crippen LogP contribution >= 0.6 is 0 Å². The van der Waals surface area contributed by atoms with Gasteiger partial charge < -0.3 is 16.0 Å². The Hall–Kier alpha value is -2.40. The predicted molar refractivity (Wildman–Crippen MR) is 95.8 cm³/mol. The van der Waals surface area contributed by atoms with Crippen LogP contribution in [0, 0.1) is 5.92 Å². The van der Waals surface area contributed by atoms with Crippen molar-refractivity contribution in [2.45, 2.75) is 25.9 Å². The minimum Gasteiger partial charge on any atom is -0.371 e. The van der Waals surface area contributed by atoms with Gasteiger partial charge in [0.2, 0.25) is 0 Å². The van der Waals surface area contributed by atoms with Gasteiger partial charge in [0.15, 0.2) is 0 Å². The molecule has 0 radical (unpaired) electrons. The van der Waals surface area contributed by atoms with Crippen LogP contribution in [0.2, 0.25) is 0 Å². The molecule has 5 heteroatoms. The monoisotopic (exact) mass is 324 g/mol. The van der Waals surface area contributed by atoms with Crippen molar-refractivity contribution in [3.63, 3.8) is 0 Å². The normalized spacial score (nSPS) is 18.4. The van der Waals surface area contributed by atoms with Crippen LogP contribution in [0.5, 0.6) is 0 Å². The van der Waals surface area contributed by atoms with Crippen LogP contribution in [0.4, 0.5) is 5.69 Å². The third-order valence-electron chi connectivity index (χ3n) is 4.61. The molecule has 3 rings (SSSR count). The molecule has 2 heterocycles. The maximum Gasteiger partial charge on any atom is 0.270 e. The van der Waals surface area contributed by atoms with Crippen LogP contribution in [0.25, 0.3) is 0 Å². The molecule has 2 aromatic rings. The minimum absolute atomic E-state index is 0.149. The molecular formula is C19H24N4O. The van der Waals surface area contributed by atoms with Gasteiger partial charge in [-0.25, -0.2) is 0 Å². The topological polar surface area (TPSA) is 71.2 Å². The summed E-state index contributed by atoms with van der Waals surface area (Å²) in [5.74, 6) is 0.358. The second-order valence-corrected chi connectivity index (χ2v) is 6.42. The predicted octanol–water partition coefficient (Wildman–Crippen LogP) is 2.19. The van der Waals surface area contributed by atoms with Gasteiger partial charge in [-0.05, 0) is 37.0 Å². The quantitative estimate of drug-likeness (QED) is 0.884. The molecule has 2 atom stereocenters. The molecule has 24 heavy (non-hydrogen) atoms. The molecule has 3 N–H and O–H groups in total. The van der Waals surface area contributed by atoms with E-state index < -0.39 is 0 Å². The second kappa shape index (κ2) is 7.45. The van der Waals surface area contributed by atoms with Crippen LogP contribution in [0.15, 0.2) is 48.7 Å². The summed E-state index contributed by atoms with van der Waals surface area (Å²) in [6.07, 6.45) is 2.79. The van der Waals surface area contributed by atoms with Crippen LogP contribution in [0.1, 0.15) is 29.4 Å². The third-order valence-corrected chi connectivity index (χ3v) is 4.61. The first-order valence-corrected chi connectivity index (χ1v) is 8.42. The first-order valence-electron chi connectivity index (χ1n) is 8.42. The number of pyridine rings is 1. The second-order valence-electron chi connectivity index (χ2n) is 6.42. The summed E-state index contributed by atoms with van der Waals surface area (Å²) in [6, 6.07) is 13.9. The maximum absolute atomic E-state index is 12.3. The zero-order chi connectivity index (χ0) is 16.9. The number of nitrogens with one attached hydrogen (secondary N) is 1. The van der Waals surface area contributed by atoms with Gasteiger partial charge in [0, 0.05) is 37.6 Å². The van der Waals surface area contributed by atoms with Gasteiger partial charge >= 0.3 is 0 Å². The molecule has 0 bridgehead atoms. The SMILES string of the molecule is CC(N)C1CCN(c2ccnc(C(=O)NCc3ccccc3)c2)C1. The largest absolute Gasteiger partial charge is 0.371 e. The van der Waals surface area contributed by atoms with E-state index in [-0.39, 0.29) is 11.9 Å². The Labute approximate surface area is 142 Å². The van der Waals surface area contributed by atoms with Crippen molar-refractivity contribution in [1.29, 1.82) is 0 Å². The lowest BCUT2D eigenvalue weighted by molar-refractivity contribution is 0.0946. The van der Waals surface area contributed by atoms with E-state index in [2.05, 4.69) is 22.1 Å². The molecular weight excluding hydrogens is 300 g/mol. The van der Waals surface area contributed by atoms with Crippen molar-refractivity contribution >= 4 is 11.6 Å². The smallest absolute Gasteiger partial charge is 0.270 e. The summed E-state index contributed by atoms with van der Waals surface area (Å²) >= 11 is 0. The van der Waals surface area contributed by atoms with Gasteiger partial charge in [-0.3, -0.25) is 9.78 Å². The Bertz CT molecular complexity index is 687. The fourth-order valence-corrected chi connectivity index (χ4v) is 3.06. The number of nitrogens with zero attached hydrogens (tertiary/aromatic N) is 2. The third kappa shape index (κ3) is 3.92. The lowest BCUT2D eigenvalue weighted by atomic mass is 10.0. The molecule has 0 saturated carbocycles. The van der Waals surface area contributed by atoms with Crippen LogP contribution in [-0.2, 0) is 6.54 Å². The standard InChI is InChI=1S/C19H24N4O/c1-14(20)16-8-10-23(13-16)17-7-9-21-18(11-17)19(24)22-12-15-5-3-2-4-6-15/h2-7,9,11,14,16H,8,10,12-13,20H2,1H3,(H,22,24). The fourth-order valence-electron chi connectivity index (χ4n) is 3.06. The molecule has 1 fully saturated rings. The van der Waals surface area contributed by atoms with E-state index in [4.69, 9.17) is 5.73 Å². The summed E-state index contributed by atoms with van der Waals surface area (Å²) in [5.41, 5.74) is 8.57. The summed E-state index contributed by atoms with van der Waals surface area (Å²) < 4.78 is 0. The zero-order valence-electron chi connectivity index (χ0n) is 14.0. The highest BCUT2D eigenvalue weighted by molar-refractivity contribution is 5.93. The number of amides is 1. The van der Waals surface area contributed by atoms with Gasteiger partial charge in [0.1, 0.15) is 5.69 Å². The van der Waals surface area contributed by atoms with Crippen LogP contribution in [-0.4, -0.2) is 30.0 Å². The summed E-state index contributed by atoms with van der Waals surface area (Å²) in [7, 11) is 0. The fraction of sp³-hybridized carbons (Fsp3) is 0.368. The van der Waals surface area contributed by atoms with Crippen molar-refractivity contribution < 1.29 is 4.79 Å². The molecule has 1 amide bonds. The first kappa shape index (κ1) is 16.5. The molecule has 1 aliphatic heterocycles. The van der Waals surface area contributed by atoms with Gasteiger partial charge in [-0.15, -0.1) is 0 Å². The molecule has 1 aromatic carbocycles. The number of anilines is 1. The molecule has 2 unspecified atom stereocenters. The number of carbonyl (C=O) groups excluding carboxylic acids is 1. The first-order chi connectivity index (χ1) is 11.6. The average molecular weight is 324 g/mol. The Morgan fingerprint density at radius 3 is 2.88 bits per heavy atom. The number of aromatic nitrogens is 1. The van der Waals surface area contributed by atoms with E-state index in [9.17, 15) is 4.79 Å². The lowest BCUT2D eigenvalue weighted by Gasteiger charge is -2.20. The highest BCUT2D eigenvalue weighted by Gasteiger charge is 2.25. The number of hydrogen-bond acceptors (Lipinski definition) is 4. The summed E-state index contributed by atoms with van der Waals surface area (Å²) in [5, 5.41) is 2.92. The van der Waals surface area contributed by atoms with Gasteiger partial charge in [0.05, 0.1) is 0 Å². The average Bonchev–Trinajstić information content (AvgIpc) is 3.11. The number of nitrogens with two attached hydrogens (primary N) is 1. The zero-order valence-corrected chi connectivity index (χ0v) is 14.0. The van der Waals surface area contributed by atoms with Gasteiger partial charge in [0.25, 0.3) is 5.91 Å². The minimum atomic E-state index is -0.149. The molecule has 0 spiro atoms. The molecule has 1 aliphatic rings. The van der Waals surface area contributed by atoms with Gasteiger partial charge in [-0.2, -0.15) is 0 Å². The van der Waals surface area contributed by atoms with Crippen LogP contribution < -0.4 is 16.0 Å². The number of hydrogen-bond donors (Lipinski definition) is 2. The Kier molecular flexibility index (Phi) is 5.11. The molecule has 5 nitrogen and oxygen atoms in total. The van der Waals surface area contributed by atoms with Gasteiger partial charge in [-0.1, -0.05) is 30.3 Å². The van der Waals surface area contributed by atoms with E-state index >= 15 is 0 Å². The van der Waals surface area contributed by atoms with E-state index in [0.717, 1.165) is 30.8 Å². The van der Waals surface area contributed by atoms with Crippen molar-refractivity contribution in [2.75, 3.05) is 18.0 Å². The number of rotatable bonds is 5. The Morgan fingerprint density at radius 1 is 1.38 bits per heavy atom. The molecule has 1 saturated heterocycles. The maximum atomic E-state index is 12.3. The number of carbonyl (C=O) groups is 1. The Morgan fingerprint density at radius 2 is 2.17 bits per heavy atom. The molecule has 126 valence electrons. The Balaban J connectivity index is 1.63. The molecule has 1 aromatic heterocycles. The van der Waals surface area contributed by atoms with Crippen LogP contribution in [0.3, 0.4) is 0 Å². The van der Waals surface area contributed by atoms with E-state index in [0.29, 0.717) is 18.2 Å².